The summed E-state index contributed by atoms with van der Waals surface area (Å²) in [5.74, 6) is 1.29. The van der Waals surface area contributed by atoms with Crippen molar-refractivity contribution in [2.24, 2.45) is 7.05 Å². The Morgan fingerprint density at radius 1 is 1.06 bits per heavy atom. The predicted molar refractivity (Wildman–Crippen MR) is 122 cm³/mol. The van der Waals surface area contributed by atoms with Gasteiger partial charge < -0.3 is 14.8 Å². The molecule has 178 valence electrons. The Morgan fingerprint density at radius 2 is 1.82 bits per heavy atom. The summed E-state index contributed by atoms with van der Waals surface area (Å²) in [6.45, 7) is 1.92. The zero-order valence-electron chi connectivity index (χ0n) is 19.1. The van der Waals surface area contributed by atoms with Crippen LogP contribution in [0.25, 0.3) is 22.2 Å². The Labute approximate surface area is 194 Å². The summed E-state index contributed by atoms with van der Waals surface area (Å²) >= 11 is 0. The van der Waals surface area contributed by atoms with Crippen LogP contribution >= 0.6 is 0 Å². The minimum atomic E-state index is -4.46. The summed E-state index contributed by atoms with van der Waals surface area (Å²) in [6, 6.07) is 8.37. The molecule has 0 spiro atoms. The Morgan fingerprint density at radius 3 is 2.53 bits per heavy atom. The van der Waals surface area contributed by atoms with Gasteiger partial charge in [-0.05, 0) is 42.3 Å². The highest BCUT2D eigenvalue weighted by molar-refractivity contribution is 5.86. The molecule has 7 nitrogen and oxygen atoms in total. The maximum atomic E-state index is 14.1. The molecule has 0 saturated carbocycles. The van der Waals surface area contributed by atoms with Gasteiger partial charge in [0.1, 0.15) is 5.82 Å². The fourth-order valence-electron chi connectivity index (χ4n) is 4.57. The molecule has 1 aliphatic heterocycles. The van der Waals surface area contributed by atoms with Crippen molar-refractivity contribution in [2.45, 2.75) is 31.6 Å². The molecule has 0 amide bonds. The number of anilines is 1. The maximum Gasteiger partial charge on any atom is 0.410 e. The van der Waals surface area contributed by atoms with Gasteiger partial charge in [-0.3, -0.25) is 4.68 Å². The number of aryl methyl sites for hydroxylation is 2. The number of rotatable bonds is 4. The monoisotopic (exact) mass is 471 g/mol. The molecule has 5 rings (SSSR count). The van der Waals surface area contributed by atoms with Gasteiger partial charge in [0.15, 0.2) is 17.5 Å². The molecule has 0 bridgehead atoms. The van der Waals surface area contributed by atoms with Crippen LogP contribution in [0.2, 0.25) is 0 Å². The number of nitrogens with zero attached hydrogens (tertiary/aromatic N) is 4. The third-order valence-corrected chi connectivity index (χ3v) is 6.37. The van der Waals surface area contributed by atoms with Crippen LogP contribution in [0.5, 0.6) is 11.5 Å². The van der Waals surface area contributed by atoms with Crippen molar-refractivity contribution in [3.8, 4) is 22.8 Å². The van der Waals surface area contributed by atoms with Crippen LogP contribution in [0.15, 0.2) is 42.6 Å². The van der Waals surface area contributed by atoms with E-state index in [2.05, 4.69) is 15.5 Å². The molecule has 0 aliphatic carbocycles. The molecule has 34 heavy (non-hydrogen) atoms. The van der Waals surface area contributed by atoms with E-state index in [0.717, 1.165) is 26.7 Å². The summed E-state index contributed by atoms with van der Waals surface area (Å²) in [6.07, 6.45) is -2.93. The number of benzene rings is 2. The van der Waals surface area contributed by atoms with Gasteiger partial charge in [-0.25, -0.2) is 4.68 Å². The first-order valence-electron chi connectivity index (χ1n) is 10.8. The van der Waals surface area contributed by atoms with Crippen LogP contribution in [0.1, 0.15) is 29.6 Å². The fraction of sp³-hybridized carbons (Fsp3) is 0.333. The average molecular weight is 471 g/mol. The summed E-state index contributed by atoms with van der Waals surface area (Å²) < 4.78 is 55.8. The Hall–Kier alpha value is -3.69. The number of nitrogens with one attached hydrogen (secondary N) is 1. The second kappa shape index (κ2) is 7.96. The van der Waals surface area contributed by atoms with Crippen molar-refractivity contribution in [3.05, 3.63) is 53.7 Å². The van der Waals surface area contributed by atoms with Gasteiger partial charge in [0.05, 0.1) is 37.7 Å². The van der Waals surface area contributed by atoms with Gasteiger partial charge in [0.2, 0.25) is 0 Å². The molecular weight excluding hydrogens is 447 g/mol. The highest BCUT2D eigenvalue weighted by Gasteiger charge is 2.46. The van der Waals surface area contributed by atoms with Gasteiger partial charge in [0.25, 0.3) is 0 Å². The second-order valence-electron chi connectivity index (χ2n) is 8.46. The molecule has 2 aromatic heterocycles. The van der Waals surface area contributed by atoms with E-state index in [4.69, 9.17) is 9.47 Å². The number of halogens is 3. The lowest BCUT2D eigenvalue weighted by Gasteiger charge is -2.33. The van der Waals surface area contributed by atoms with Crippen molar-refractivity contribution >= 4 is 16.7 Å². The van der Waals surface area contributed by atoms with E-state index < -0.39 is 18.3 Å². The van der Waals surface area contributed by atoms with Crippen LogP contribution < -0.4 is 14.8 Å². The van der Waals surface area contributed by atoms with Crippen molar-refractivity contribution in [2.75, 3.05) is 19.5 Å². The number of fused-ring (bicyclic) bond motifs is 2. The first-order valence-corrected chi connectivity index (χ1v) is 10.8. The molecular formula is C24H24F3N5O2. The molecule has 0 radical (unpaired) electrons. The first-order chi connectivity index (χ1) is 16.2. The van der Waals surface area contributed by atoms with E-state index in [0.29, 0.717) is 28.6 Å². The number of hydrogen-bond acceptors (Lipinski definition) is 5. The molecule has 0 saturated heterocycles. The van der Waals surface area contributed by atoms with Gasteiger partial charge in [-0.15, -0.1) is 0 Å². The van der Waals surface area contributed by atoms with E-state index >= 15 is 0 Å². The van der Waals surface area contributed by atoms with Crippen molar-refractivity contribution in [1.82, 2.24) is 19.6 Å². The molecule has 10 heteroatoms. The fourth-order valence-corrected chi connectivity index (χ4v) is 4.57. The molecule has 1 N–H and O–H groups in total. The second-order valence-corrected chi connectivity index (χ2v) is 8.46. The number of hydrogen-bond donors (Lipinski definition) is 1. The minimum Gasteiger partial charge on any atom is -0.493 e. The SMILES string of the molecule is COc1ccc(C2CC(C(F)(F)F)n3nc(-c4cc5cnn(C)c5cc4C)cc3N2)cc1OC. The van der Waals surface area contributed by atoms with E-state index in [1.807, 2.05) is 26.1 Å². The summed E-state index contributed by atoms with van der Waals surface area (Å²) in [5.41, 5.74) is 3.78. The highest BCUT2D eigenvalue weighted by atomic mass is 19.4. The van der Waals surface area contributed by atoms with Crippen LogP contribution in [0, 0.1) is 6.92 Å². The topological polar surface area (TPSA) is 66.1 Å². The lowest BCUT2D eigenvalue weighted by atomic mass is 9.96. The van der Waals surface area contributed by atoms with Crippen molar-refractivity contribution in [3.63, 3.8) is 0 Å². The number of methoxy groups -OCH3 is 2. The number of ether oxygens (including phenoxy) is 2. The van der Waals surface area contributed by atoms with Gasteiger partial charge >= 0.3 is 6.18 Å². The average Bonchev–Trinajstić information content (AvgIpc) is 3.39. The van der Waals surface area contributed by atoms with E-state index in [9.17, 15) is 13.2 Å². The third-order valence-electron chi connectivity index (χ3n) is 6.37. The third kappa shape index (κ3) is 3.63. The Kier molecular flexibility index (Phi) is 5.18. The molecule has 1 aliphatic rings. The van der Waals surface area contributed by atoms with E-state index in [1.54, 1.807) is 35.1 Å². The maximum absolute atomic E-state index is 14.1. The smallest absolute Gasteiger partial charge is 0.410 e. The summed E-state index contributed by atoms with van der Waals surface area (Å²) in [7, 11) is 4.86. The Balaban J connectivity index is 1.57. The molecule has 4 aromatic rings. The van der Waals surface area contributed by atoms with Crippen LogP contribution in [0.4, 0.5) is 19.0 Å². The van der Waals surface area contributed by atoms with Crippen molar-refractivity contribution < 1.29 is 22.6 Å². The van der Waals surface area contributed by atoms with Crippen LogP contribution in [-0.4, -0.2) is 40.0 Å². The van der Waals surface area contributed by atoms with Crippen molar-refractivity contribution in [1.29, 1.82) is 0 Å². The van der Waals surface area contributed by atoms with E-state index in [-0.39, 0.29) is 6.42 Å². The lowest BCUT2D eigenvalue weighted by molar-refractivity contribution is -0.173. The molecule has 2 aromatic carbocycles. The zero-order chi connectivity index (χ0) is 24.2. The van der Waals surface area contributed by atoms with Crippen LogP contribution in [0.3, 0.4) is 0 Å². The predicted octanol–water partition coefficient (Wildman–Crippen LogP) is 5.42. The zero-order valence-corrected chi connectivity index (χ0v) is 19.1. The standard InChI is InChI=1S/C24H24F3N5O2/c1-13-7-19-15(12-28-31(19)2)8-16(13)18-11-23-29-17(10-22(24(25,26)27)32(23)30-18)14-5-6-20(33-3)21(9-14)34-4/h5-9,11-12,17,22,29H,10H2,1-4H3. The number of aromatic nitrogens is 4. The Bertz CT molecular complexity index is 1380. The van der Waals surface area contributed by atoms with Gasteiger partial charge in [-0.1, -0.05) is 6.07 Å². The molecule has 2 atom stereocenters. The minimum absolute atomic E-state index is 0.201. The largest absolute Gasteiger partial charge is 0.493 e. The summed E-state index contributed by atoms with van der Waals surface area (Å²) in [4.78, 5) is 0. The molecule has 2 unspecified atom stereocenters. The molecule has 0 fully saturated rings. The highest BCUT2D eigenvalue weighted by Crippen LogP contribution is 2.45. The summed E-state index contributed by atoms with van der Waals surface area (Å²) in [5, 5.41) is 12.8. The van der Waals surface area contributed by atoms with Gasteiger partial charge in [0, 0.05) is 30.5 Å². The first kappa shape index (κ1) is 22.1. The molecule has 3 heterocycles. The van der Waals surface area contributed by atoms with Gasteiger partial charge in [-0.2, -0.15) is 23.4 Å². The number of alkyl halides is 3. The quantitative estimate of drug-likeness (QED) is 0.430. The normalized spacial score (nSPS) is 18.0. The van der Waals surface area contributed by atoms with Crippen LogP contribution in [-0.2, 0) is 7.05 Å². The lowest BCUT2D eigenvalue weighted by Crippen LogP contribution is -2.35. The van der Waals surface area contributed by atoms with E-state index in [1.165, 1.54) is 14.2 Å².